The van der Waals surface area contributed by atoms with Crippen LogP contribution < -0.4 is 10.5 Å². The van der Waals surface area contributed by atoms with Crippen LogP contribution in [0.2, 0.25) is 0 Å². The van der Waals surface area contributed by atoms with Crippen molar-refractivity contribution < 1.29 is 4.74 Å². The number of hydrogen-bond donors (Lipinski definition) is 3. The van der Waals surface area contributed by atoms with Crippen molar-refractivity contribution >= 4 is 33.6 Å². The van der Waals surface area contributed by atoms with E-state index < -0.39 is 0 Å². The van der Waals surface area contributed by atoms with Gasteiger partial charge in [-0.25, -0.2) is 4.99 Å². The molecule has 1 aliphatic heterocycles. The number of amidine groups is 1. The number of likely N-dealkylation sites (tertiary alicyclic amines) is 1. The molecule has 1 atom stereocenters. The predicted molar refractivity (Wildman–Crippen MR) is 131 cm³/mol. The van der Waals surface area contributed by atoms with Gasteiger partial charge in [0.2, 0.25) is 0 Å². The first-order valence-corrected chi connectivity index (χ1v) is 11.0. The monoisotopic (exact) mass is 433 g/mol. The number of aliphatic imine (C=N–C) groups is 1. The highest BCUT2D eigenvalue weighted by atomic mass is 32.1. The molecule has 31 heavy (non-hydrogen) atoms. The quantitative estimate of drug-likeness (QED) is 0.278. The number of ether oxygens (including phenoxy) is 1. The van der Waals surface area contributed by atoms with Gasteiger partial charge in [-0.05, 0) is 48.6 Å². The molecule has 0 spiro atoms. The van der Waals surface area contributed by atoms with Gasteiger partial charge in [0.25, 0.3) is 0 Å². The van der Waals surface area contributed by atoms with Crippen LogP contribution in [0.4, 0.5) is 0 Å². The lowest BCUT2D eigenvalue weighted by Crippen LogP contribution is -2.18. The maximum atomic E-state index is 7.34. The molecule has 3 aromatic rings. The molecule has 1 unspecified atom stereocenters. The van der Waals surface area contributed by atoms with E-state index in [4.69, 9.17) is 15.9 Å². The third kappa shape index (κ3) is 3.88. The number of aryl methyl sites for hydroxylation is 1. The molecule has 0 amide bonds. The molecule has 7 heteroatoms. The highest BCUT2D eigenvalue weighted by Crippen LogP contribution is 2.42. The van der Waals surface area contributed by atoms with Gasteiger partial charge in [-0.1, -0.05) is 19.2 Å². The van der Waals surface area contributed by atoms with Gasteiger partial charge in [-0.2, -0.15) is 0 Å². The minimum absolute atomic E-state index is 0.308. The topological polar surface area (TPSA) is 90.5 Å². The number of rotatable bonds is 7. The van der Waals surface area contributed by atoms with Crippen LogP contribution in [0.15, 0.2) is 54.2 Å². The summed E-state index contributed by atoms with van der Waals surface area (Å²) in [5.74, 6) is 1.52. The van der Waals surface area contributed by atoms with Crippen LogP contribution in [0.3, 0.4) is 0 Å². The summed E-state index contributed by atoms with van der Waals surface area (Å²) in [5.41, 5.74) is 11.2. The third-order valence-corrected chi connectivity index (χ3v) is 6.98. The fourth-order valence-corrected chi connectivity index (χ4v) is 5.33. The van der Waals surface area contributed by atoms with Gasteiger partial charge >= 0.3 is 0 Å². The number of methoxy groups -OCH3 is 1. The number of aromatic amines is 1. The molecule has 3 heterocycles. The second-order valence-electron chi connectivity index (χ2n) is 7.78. The predicted octanol–water partition coefficient (Wildman–Crippen LogP) is 5.01. The number of nitrogens with zero attached hydrogens (tertiary/aromatic N) is 2. The summed E-state index contributed by atoms with van der Waals surface area (Å²) >= 11 is 1.67. The average Bonchev–Trinajstić information content (AvgIpc) is 3.49. The Labute approximate surface area is 186 Å². The summed E-state index contributed by atoms with van der Waals surface area (Å²) in [6, 6.07) is 8.56. The Morgan fingerprint density at radius 3 is 2.90 bits per heavy atom. The Hall–Kier alpha value is -3.32. The highest BCUT2D eigenvalue weighted by Gasteiger charge is 2.27. The fraction of sp³-hybridized carbons (Fsp3) is 0.250. The van der Waals surface area contributed by atoms with E-state index in [-0.39, 0.29) is 0 Å². The maximum Gasteiger partial charge on any atom is 0.149 e. The number of H-pyrrole nitrogens is 1. The summed E-state index contributed by atoms with van der Waals surface area (Å²) in [6.45, 7) is 11.8. The summed E-state index contributed by atoms with van der Waals surface area (Å²) in [4.78, 5) is 10.9. The zero-order valence-corrected chi connectivity index (χ0v) is 18.7. The van der Waals surface area contributed by atoms with Gasteiger partial charge in [0.05, 0.1) is 17.5 Å². The minimum Gasteiger partial charge on any atom is -0.495 e. The van der Waals surface area contributed by atoms with Crippen LogP contribution in [0, 0.1) is 12.3 Å². The zero-order valence-electron chi connectivity index (χ0n) is 17.9. The lowest BCUT2D eigenvalue weighted by atomic mass is 10.0. The van der Waals surface area contributed by atoms with Crippen LogP contribution in [-0.4, -0.2) is 42.3 Å². The Balaban J connectivity index is 1.79. The molecule has 1 aliphatic rings. The smallest absolute Gasteiger partial charge is 0.149 e. The van der Waals surface area contributed by atoms with E-state index in [0.717, 1.165) is 74.8 Å². The van der Waals surface area contributed by atoms with Crippen molar-refractivity contribution in [2.24, 2.45) is 10.7 Å². The summed E-state index contributed by atoms with van der Waals surface area (Å²) in [6.07, 6.45) is 3.80. The van der Waals surface area contributed by atoms with Gasteiger partial charge in [0.15, 0.2) is 0 Å². The number of aromatic nitrogens is 1. The molecule has 1 saturated heterocycles. The summed E-state index contributed by atoms with van der Waals surface area (Å²) < 4.78 is 6.71. The SMILES string of the molecule is C=CC(=C)N1CCC(c2cc(-c3cc4cc(C)cc(OC)c4s3)c(/C(N)=N\C=N)[nH]2)C1. The minimum atomic E-state index is 0.308. The Morgan fingerprint density at radius 1 is 1.39 bits per heavy atom. The van der Waals surface area contributed by atoms with Gasteiger partial charge in [0.1, 0.15) is 17.9 Å². The van der Waals surface area contributed by atoms with Crippen LogP contribution >= 0.6 is 11.3 Å². The molecule has 0 saturated carbocycles. The second-order valence-corrected chi connectivity index (χ2v) is 8.83. The number of nitrogens with two attached hydrogens (primary N) is 1. The van der Waals surface area contributed by atoms with Crippen LogP contribution in [0.1, 0.15) is 29.3 Å². The lowest BCUT2D eigenvalue weighted by Gasteiger charge is -2.18. The zero-order chi connectivity index (χ0) is 22.1. The van der Waals surface area contributed by atoms with Crippen molar-refractivity contribution in [3.8, 4) is 16.2 Å². The molecule has 0 aliphatic carbocycles. The summed E-state index contributed by atoms with van der Waals surface area (Å²) in [5, 5.41) is 8.49. The Morgan fingerprint density at radius 2 is 2.19 bits per heavy atom. The standard InChI is InChI=1S/C24H27N5OS/c1-5-15(3)29-7-6-16(12-29)19-11-18(22(28-19)24(26)27-13-25)21-10-17-8-14(2)9-20(30-4)23(17)31-21/h5,8-11,13,16,28H,1,3,6-7,12H2,2,4H3,(H3,25,26,27). The Bertz CT molecular complexity index is 1200. The van der Waals surface area contributed by atoms with E-state index >= 15 is 0 Å². The number of thiophene rings is 1. The number of allylic oxidation sites excluding steroid dienone is 1. The van der Waals surface area contributed by atoms with Crippen molar-refractivity contribution in [2.75, 3.05) is 20.2 Å². The first kappa shape index (κ1) is 20.9. The fourth-order valence-electron chi connectivity index (χ4n) is 4.18. The summed E-state index contributed by atoms with van der Waals surface area (Å²) in [7, 11) is 1.70. The molecular formula is C24H27N5OS. The van der Waals surface area contributed by atoms with E-state index in [1.54, 1.807) is 24.5 Å². The molecule has 4 N–H and O–H groups in total. The highest BCUT2D eigenvalue weighted by molar-refractivity contribution is 7.22. The number of fused-ring (bicyclic) bond motifs is 1. The molecular weight excluding hydrogens is 406 g/mol. The van der Waals surface area contributed by atoms with Crippen molar-refractivity contribution in [3.63, 3.8) is 0 Å². The molecule has 0 bridgehead atoms. The molecule has 6 nitrogen and oxygen atoms in total. The molecule has 4 rings (SSSR count). The van der Waals surface area contributed by atoms with Gasteiger partial charge in [-0.3, -0.25) is 5.41 Å². The van der Waals surface area contributed by atoms with E-state index in [1.165, 1.54) is 0 Å². The number of nitrogens with one attached hydrogen (secondary N) is 2. The second kappa shape index (κ2) is 8.43. The van der Waals surface area contributed by atoms with Gasteiger partial charge in [-0.15, -0.1) is 11.3 Å². The van der Waals surface area contributed by atoms with Crippen molar-refractivity contribution in [1.29, 1.82) is 5.41 Å². The lowest BCUT2D eigenvalue weighted by molar-refractivity contribution is 0.420. The van der Waals surface area contributed by atoms with Crippen molar-refractivity contribution in [1.82, 2.24) is 9.88 Å². The van der Waals surface area contributed by atoms with Gasteiger partial charge < -0.3 is 20.4 Å². The van der Waals surface area contributed by atoms with Crippen LogP contribution in [0.25, 0.3) is 20.5 Å². The van der Waals surface area contributed by atoms with Crippen molar-refractivity contribution in [3.05, 3.63) is 66.1 Å². The van der Waals surface area contributed by atoms with E-state index in [0.29, 0.717) is 11.8 Å². The van der Waals surface area contributed by atoms with Crippen molar-refractivity contribution in [2.45, 2.75) is 19.3 Å². The first-order valence-electron chi connectivity index (χ1n) is 10.2. The van der Waals surface area contributed by atoms with E-state index in [1.807, 2.05) is 0 Å². The number of hydrogen-bond acceptors (Lipinski definition) is 4. The molecule has 160 valence electrons. The normalized spacial score (nSPS) is 16.6. The van der Waals surface area contributed by atoms with Gasteiger partial charge in [0, 0.05) is 40.8 Å². The molecule has 1 fully saturated rings. The maximum absolute atomic E-state index is 7.34. The largest absolute Gasteiger partial charge is 0.495 e. The number of benzene rings is 1. The van der Waals surface area contributed by atoms with Crippen LogP contribution in [-0.2, 0) is 0 Å². The van der Waals surface area contributed by atoms with Crippen LogP contribution in [0.5, 0.6) is 5.75 Å². The van der Waals surface area contributed by atoms with E-state index in [9.17, 15) is 0 Å². The first-order chi connectivity index (χ1) is 14.9. The molecule has 2 aromatic heterocycles. The molecule has 0 radical (unpaired) electrons. The molecule has 1 aromatic carbocycles. The Kier molecular flexibility index (Phi) is 5.69. The van der Waals surface area contributed by atoms with E-state index in [2.05, 4.69) is 59.2 Å². The third-order valence-electron chi connectivity index (χ3n) is 5.78. The average molecular weight is 434 g/mol.